The Morgan fingerprint density at radius 3 is 2.33 bits per heavy atom. The summed E-state index contributed by atoms with van der Waals surface area (Å²) in [7, 11) is 3.26. The largest absolute Gasteiger partial charge is 0.377 e. The molecule has 1 N–H and O–H groups in total. The highest BCUT2D eigenvalue weighted by Gasteiger charge is 2.15. The summed E-state index contributed by atoms with van der Waals surface area (Å²) >= 11 is 3.47. The van der Waals surface area contributed by atoms with Gasteiger partial charge in [-0.3, -0.25) is 0 Å². The van der Waals surface area contributed by atoms with E-state index in [0.29, 0.717) is 0 Å². The van der Waals surface area contributed by atoms with Gasteiger partial charge in [-0.15, -0.1) is 0 Å². The van der Waals surface area contributed by atoms with Crippen molar-refractivity contribution in [1.29, 1.82) is 0 Å². The van der Waals surface area contributed by atoms with Crippen LogP contribution in [0.15, 0.2) is 28.7 Å². The minimum Gasteiger partial charge on any atom is -0.377 e. The molecule has 1 rings (SSSR count). The van der Waals surface area contributed by atoms with E-state index in [4.69, 9.17) is 9.47 Å². The molecule has 0 spiro atoms. The summed E-state index contributed by atoms with van der Waals surface area (Å²) in [6.07, 6.45) is -0.253. The van der Waals surface area contributed by atoms with Crippen molar-refractivity contribution in [3.63, 3.8) is 0 Å². The number of hydrogen-bond donors (Lipinski definition) is 1. The topological polar surface area (TPSA) is 30.5 Å². The zero-order valence-corrected chi connectivity index (χ0v) is 10.7. The average molecular weight is 274 g/mol. The van der Waals surface area contributed by atoms with Gasteiger partial charge < -0.3 is 14.8 Å². The van der Waals surface area contributed by atoms with Crippen molar-refractivity contribution in [1.82, 2.24) is 0 Å². The van der Waals surface area contributed by atoms with Crippen LogP contribution in [0, 0.1) is 0 Å². The highest BCUT2D eigenvalue weighted by Crippen LogP contribution is 2.22. The molecule has 0 aliphatic heterocycles. The van der Waals surface area contributed by atoms with E-state index in [2.05, 4.69) is 21.2 Å². The minimum atomic E-state index is -0.253. The number of ether oxygens (including phenoxy) is 2. The molecular weight excluding hydrogens is 258 g/mol. The summed E-state index contributed by atoms with van der Waals surface area (Å²) in [6.45, 7) is 2.01. The maximum Gasteiger partial charge on any atom is 0.176 e. The third-order valence-corrected chi connectivity index (χ3v) is 2.82. The summed E-state index contributed by atoms with van der Waals surface area (Å²) in [5.74, 6) is 0. The van der Waals surface area contributed by atoms with E-state index in [1.165, 1.54) is 0 Å². The number of anilines is 1. The summed E-state index contributed by atoms with van der Waals surface area (Å²) in [6, 6.07) is 8.03. The molecule has 4 heteroatoms. The molecule has 0 aliphatic rings. The second-order valence-corrected chi connectivity index (χ2v) is 4.11. The monoisotopic (exact) mass is 273 g/mol. The van der Waals surface area contributed by atoms with Crippen LogP contribution in [0.1, 0.15) is 6.92 Å². The molecule has 0 radical (unpaired) electrons. The first kappa shape index (κ1) is 12.5. The Bertz CT molecular complexity index is 302. The van der Waals surface area contributed by atoms with E-state index >= 15 is 0 Å². The molecule has 3 nitrogen and oxygen atoms in total. The van der Waals surface area contributed by atoms with E-state index in [1.807, 2.05) is 31.2 Å². The lowest BCUT2D eigenvalue weighted by Gasteiger charge is -2.23. The average Bonchev–Trinajstić information content (AvgIpc) is 2.23. The number of halogens is 1. The predicted octanol–water partition coefficient (Wildman–Crippen LogP) is 2.87. The fourth-order valence-electron chi connectivity index (χ4n) is 1.40. The number of benzene rings is 1. The Morgan fingerprint density at radius 2 is 1.80 bits per heavy atom. The fourth-order valence-corrected chi connectivity index (χ4v) is 1.80. The zero-order chi connectivity index (χ0) is 11.3. The van der Waals surface area contributed by atoms with Crippen molar-refractivity contribution in [3.05, 3.63) is 28.7 Å². The minimum absolute atomic E-state index is 0.0821. The molecule has 0 fully saturated rings. The van der Waals surface area contributed by atoms with Crippen LogP contribution in [-0.2, 0) is 9.47 Å². The first-order valence-corrected chi connectivity index (χ1v) is 5.55. The van der Waals surface area contributed by atoms with Crippen molar-refractivity contribution in [3.8, 4) is 0 Å². The first-order valence-electron chi connectivity index (χ1n) is 4.75. The van der Waals surface area contributed by atoms with Gasteiger partial charge in [-0.1, -0.05) is 12.1 Å². The van der Waals surface area contributed by atoms with E-state index in [0.717, 1.165) is 10.2 Å². The van der Waals surface area contributed by atoms with Gasteiger partial charge in [-0.25, -0.2) is 0 Å². The Labute approximate surface area is 98.9 Å². The normalized spacial score (nSPS) is 12.9. The molecule has 1 aromatic carbocycles. The highest BCUT2D eigenvalue weighted by molar-refractivity contribution is 9.10. The van der Waals surface area contributed by atoms with Gasteiger partial charge in [0, 0.05) is 24.4 Å². The molecule has 0 saturated carbocycles. The van der Waals surface area contributed by atoms with Crippen LogP contribution in [0.5, 0.6) is 0 Å². The smallest absolute Gasteiger partial charge is 0.176 e. The van der Waals surface area contributed by atoms with Gasteiger partial charge in [0.25, 0.3) is 0 Å². The number of methoxy groups -OCH3 is 2. The summed E-state index contributed by atoms with van der Waals surface area (Å²) in [4.78, 5) is 0. The fraction of sp³-hybridized carbons (Fsp3) is 0.455. The van der Waals surface area contributed by atoms with Crippen LogP contribution in [0.2, 0.25) is 0 Å². The van der Waals surface area contributed by atoms with Gasteiger partial charge in [-0.2, -0.15) is 0 Å². The lowest BCUT2D eigenvalue weighted by atomic mass is 10.2. The van der Waals surface area contributed by atoms with Crippen molar-refractivity contribution in [2.45, 2.75) is 19.3 Å². The van der Waals surface area contributed by atoms with Crippen LogP contribution >= 0.6 is 15.9 Å². The molecule has 1 atom stereocenters. The third kappa shape index (κ3) is 3.48. The van der Waals surface area contributed by atoms with Crippen molar-refractivity contribution < 1.29 is 9.47 Å². The van der Waals surface area contributed by atoms with Crippen LogP contribution < -0.4 is 5.32 Å². The van der Waals surface area contributed by atoms with Gasteiger partial charge in [0.05, 0.1) is 6.04 Å². The van der Waals surface area contributed by atoms with Crippen LogP contribution in [-0.4, -0.2) is 26.6 Å². The molecule has 0 amide bonds. The van der Waals surface area contributed by atoms with Crippen LogP contribution in [0.3, 0.4) is 0 Å². The van der Waals surface area contributed by atoms with Crippen molar-refractivity contribution >= 4 is 21.6 Å². The van der Waals surface area contributed by atoms with Crippen LogP contribution in [0.4, 0.5) is 5.69 Å². The van der Waals surface area contributed by atoms with E-state index in [1.54, 1.807) is 14.2 Å². The molecule has 1 aromatic rings. The molecule has 0 aliphatic carbocycles. The molecule has 1 unspecified atom stereocenters. The lowest BCUT2D eigenvalue weighted by molar-refractivity contribution is -0.109. The maximum atomic E-state index is 5.17. The molecule has 0 bridgehead atoms. The third-order valence-electron chi connectivity index (χ3n) is 2.13. The molecule has 0 saturated heterocycles. The Balaban J connectivity index is 2.65. The quantitative estimate of drug-likeness (QED) is 0.837. The molecule has 0 aromatic heterocycles. The van der Waals surface area contributed by atoms with Crippen molar-refractivity contribution in [2.75, 3.05) is 19.5 Å². The highest BCUT2D eigenvalue weighted by atomic mass is 79.9. The SMILES string of the molecule is COC(OC)C(C)Nc1ccccc1Br. The number of para-hydroxylation sites is 1. The maximum absolute atomic E-state index is 5.17. The van der Waals surface area contributed by atoms with Gasteiger partial charge in [0.1, 0.15) is 0 Å². The Hall–Kier alpha value is -0.580. The number of hydrogen-bond acceptors (Lipinski definition) is 3. The summed E-state index contributed by atoms with van der Waals surface area (Å²) < 4.78 is 11.4. The number of nitrogens with one attached hydrogen (secondary N) is 1. The Kier molecular flexibility index (Phi) is 5.08. The lowest BCUT2D eigenvalue weighted by Crippen LogP contribution is -2.33. The number of rotatable bonds is 5. The van der Waals surface area contributed by atoms with E-state index in [-0.39, 0.29) is 12.3 Å². The standard InChI is InChI=1S/C11H16BrNO2/c1-8(11(14-2)15-3)13-10-7-5-4-6-9(10)12/h4-8,11,13H,1-3H3. The van der Waals surface area contributed by atoms with E-state index < -0.39 is 0 Å². The molecule has 15 heavy (non-hydrogen) atoms. The second kappa shape index (κ2) is 6.10. The van der Waals surface area contributed by atoms with Crippen molar-refractivity contribution in [2.24, 2.45) is 0 Å². The summed E-state index contributed by atoms with van der Waals surface area (Å²) in [5.41, 5.74) is 1.03. The molecule has 84 valence electrons. The van der Waals surface area contributed by atoms with Crippen LogP contribution in [0.25, 0.3) is 0 Å². The Morgan fingerprint density at radius 1 is 1.20 bits per heavy atom. The van der Waals surface area contributed by atoms with Gasteiger partial charge >= 0.3 is 0 Å². The second-order valence-electron chi connectivity index (χ2n) is 3.25. The van der Waals surface area contributed by atoms with Gasteiger partial charge in [0.2, 0.25) is 0 Å². The van der Waals surface area contributed by atoms with Gasteiger partial charge in [-0.05, 0) is 35.0 Å². The first-order chi connectivity index (χ1) is 7.19. The van der Waals surface area contributed by atoms with E-state index in [9.17, 15) is 0 Å². The predicted molar refractivity (Wildman–Crippen MR) is 65.0 cm³/mol. The zero-order valence-electron chi connectivity index (χ0n) is 9.16. The molecular formula is C11H16BrNO2. The molecule has 0 heterocycles. The van der Waals surface area contributed by atoms with Gasteiger partial charge in [0.15, 0.2) is 6.29 Å². The summed E-state index contributed by atoms with van der Waals surface area (Å²) in [5, 5.41) is 3.32.